The van der Waals surface area contributed by atoms with Crippen molar-refractivity contribution in [1.82, 2.24) is 10.6 Å². The minimum absolute atomic E-state index is 0.0777. The average Bonchev–Trinajstić information content (AvgIpc) is 2.59. The smallest absolute Gasteiger partial charge is 0.241 e. The molecule has 0 spiro atoms. The molecule has 2 amide bonds. The monoisotopic (exact) mass is 275 g/mol. The molecule has 0 fully saturated rings. The number of benzene rings is 1. The Labute approximate surface area is 119 Å². The summed E-state index contributed by atoms with van der Waals surface area (Å²) in [5.41, 5.74) is 2.00. The summed E-state index contributed by atoms with van der Waals surface area (Å²) in [5, 5.41) is 8.77. The normalized spacial score (nSPS) is 19.5. The van der Waals surface area contributed by atoms with Crippen LogP contribution in [0.15, 0.2) is 24.3 Å². The first-order chi connectivity index (χ1) is 9.61. The fraction of sp³-hybridized carbons (Fsp3) is 0.467. The second kappa shape index (κ2) is 6.52. The van der Waals surface area contributed by atoms with Crippen molar-refractivity contribution in [2.75, 3.05) is 11.9 Å². The summed E-state index contributed by atoms with van der Waals surface area (Å²) in [6.45, 7) is 4.24. The van der Waals surface area contributed by atoms with E-state index >= 15 is 0 Å². The van der Waals surface area contributed by atoms with E-state index in [0.717, 1.165) is 17.7 Å². The van der Waals surface area contributed by atoms with Gasteiger partial charge in [0.2, 0.25) is 11.8 Å². The number of likely N-dealkylation sites (N-methyl/N-ethyl adjacent to an activating group) is 1. The van der Waals surface area contributed by atoms with Gasteiger partial charge < -0.3 is 10.6 Å². The number of aryl methyl sites for hydroxylation is 1. The lowest BCUT2D eigenvalue weighted by atomic mass is 10.1. The van der Waals surface area contributed by atoms with Crippen molar-refractivity contribution >= 4 is 17.5 Å². The molecule has 0 bridgehead atoms. The molecule has 5 heteroatoms. The van der Waals surface area contributed by atoms with E-state index < -0.39 is 0 Å². The van der Waals surface area contributed by atoms with Gasteiger partial charge in [0.05, 0.1) is 12.1 Å². The predicted molar refractivity (Wildman–Crippen MR) is 78.5 cm³/mol. The molecule has 2 atom stereocenters. The fourth-order valence-corrected chi connectivity index (χ4v) is 2.37. The maximum Gasteiger partial charge on any atom is 0.241 e. The van der Waals surface area contributed by atoms with Crippen LogP contribution in [-0.2, 0) is 16.0 Å². The van der Waals surface area contributed by atoms with Crippen LogP contribution in [0.25, 0.3) is 0 Å². The molecule has 0 aliphatic carbocycles. The van der Waals surface area contributed by atoms with E-state index in [9.17, 15) is 9.59 Å². The largest absolute Gasteiger partial charge is 0.355 e. The van der Waals surface area contributed by atoms with Gasteiger partial charge in [0.1, 0.15) is 0 Å². The lowest BCUT2D eigenvalue weighted by Crippen LogP contribution is -2.50. The molecule has 0 saturated heterocycles. The van der Waals surface area contributed by atoms with E-state index in [4.69, 9.17) is 0 Å². The summed E-state index contributed by atoms with van der Waals surface area (Å²) in [6.07, 6.45) is 1.50. The molecule has 20 heavy (non-hydrogen) atoms. The Balaban J connectivity index is 2.01. The molecular weight excluding hydrogens is 254 g/mol. The number of hydrogen-bond acceptors (Lipinski definition) is 3. The van der Waals surface area contributed by atoms with E-state index in [1.165, 1.54) is 0 Å². The zero-order chi connectivity index (χ0) is 14.5. The van der Waals surface area contributed by atoms with Crippen LogP contribution in [0.5, 0.6) is 0 Å². The summed E-state index contributed by atoms with van der Waals surface area (Å²) in [5.74, 6) is -0.159. The van der Waals surface area contributed by atoms with Crippen molar-refractivity contribution in [3.63, 3.8) is 0 Å². The minimum atomic E-state index is -0.382. The van der Waals surface area contributed by atoms with Gasteiger partial charge in [-0.2, -0.15) is 0 Å². The van der Waals surface area contributed by atoms with Gasteiger partial charge in [-0.3, -0.25) is 14.9 Å². The highest BCUT2D eigenvalue weighted by atomic mass is 16.2. The highest BCUT2D eigenvalue weighted by Gasteiger charge is 2.26. The van der Waals surface area contributed by atoms with Gasteiger partial charge in [-0.1, -0.05) is 18.2 Å². The number of rotatable bonds is 4. The summed E-state index contributed by atoms with van der Waals surface area (Å²) in [4.78, 5) is 23.9. The van der Waals surface area contributed by atoms with Crippen LogP contribution < -0.4 is 16.0 Å². The van der Waals surface area contributed by atoms with Crippen LogP contribution in [0.1, 0.15) is 25.8 Å². The third kappa shape index (κ3) is 3.36. The lowest BCUT2D eigenvalue weighted by Gasteiger charge is -2.20. The van der Waals surface area contributed by atoms with E-state index in [1.807, 2.05) is 31.2 Å². The third-order valence-electron chi connectivity index (χ3n) is 3.49. The molecule has 1 aliphatic rings. The zero-order valence-corrected chi connectivity index (χ0v) is 11.9. The Morgan fingerprint density at radius 2 is 2.20 bits per heavy atom. The van der Waals surface area contributed by atoms with Crippen molar-refractivity contribution < 1.29 is 9.59 Å². The fourth-order valence-electron chi connectivity index (χ4n) is 2.37. The standard InChI is InChI=1S/C15H21N3O2/c1-3-16-14(19)10(2)17-13-9-8-11-6-4-5-7-12(11)18-15(13)20/h4-7,10,13,17H,3,8-9H2,1-2H3,(H,16,19)(H,18,20). The predicted octanol–water partition coefficient (Wildman–Crippen LogP) is 1.05. The van der Waals surface area contributed by atoms with Crippen molar-refractivity contribution in [2.24, 2.45) is 0 Å². The maximum atomic E-state index is 12.2. The Kier molecular flexibility index (Phi) is 4.74. The lowest BCUT2D eigenvalue weighted by molar-refractivity contribution is -0.123. The first kappa shape index (κ1) is 14.5. The quantitative estimate of drug-likeness (QED) is 0.769. The van der Waals surface area contributed by atoms with Gasteiger partial charge in [0.25, 0.3) is 0 Å². The molecular formula is C15H21N3O2. The molecule has 1 aromatic rings. The first-order valence-electron chi connectivity index (χ1n) is 7.04. The van der Waals surface area contributed by atoms with Crippen LogP contribution in [0.2, 0.25) is 0 Å². The maximum absolute atomic E-state index is 12.2. The Hall–Kier alpha value is -1.88. The Morgan fingerprint density at radius 3 is 2.95 bits per heavy atom. The molecule has 5 nitrogen and oxygen atoms in total. The van der Waals surface area contributed by atoms with Crippen molar-refractivity contribution in [2.45, 2.75) is 38.8 Å². The highest BCUT2D eigenvalue weighted by molar-refractivity contribution is 5.96. The molecule has 1 aromatic carbocycles. The van der Waals surface area contributed by atoms with Crippen LogP contribution in [0.4, 0.5) is 5.69 Å². The number of fused-ring (bicyclic) bond motifs is 1. The van der Waals surface area contributed by atoms with E-state index in [2.05, 4.69) is 16.0 Å². The molecule has 1 aliphatic heterocycles. The third-order valence-corrected chi connectivity index (χ3v) is 3.49. The molecule has 0 saturated carbocycles. The van der Waals surface area contributed by atoms with Gasteiger partial charge in [-0.05, 0) is 38.3 Å². The molecule has 0 aromatic heterocycles. The molecule has 2 unspecified atom stereocenters. The molecule has 3 N–H and O–H groups in total. The molecule has 1 heterocycles. The average molecular weight is 275 g/mol. The second-order valence-electron chi connectivity index (χ2n) is 5.02. The number of amides is 2. The summed E-state index contributed by atoms with van der Waals surface area (Å²) in [6, 6.07) is 7.07. The van der Waals surface area contributed by atoms with Crippen molar-refractivity contribution in [3.8, 4) is 0 Å². The van der Waals surface area contributed by atoms with Gasteiger partial charge in [0, 0.05) is 12.2 Å². The number of nitrogens with one attached hydrogen (secondary N) is 3. The van der Waals surface area contributed by atoms with E-state index in [0.29, 0.717) is 13.0 Å². The number of carbonyl (C=O) groups is 2. The van der Waals surface area contributed by atoms with Gasteiger partial charge in [-0.25, -0.2) is 0 Å². The van der Waals surface area contributed by atoms with Crippen molar-refractivity contribution in [1.29, 1.82) is 0 Å². The Bertz CT molecular complexity index is 502. The van der Waals surface area contributed by atoms with E-state index in [1.54, 1.807) is 6.92 Å². The number of para-hydroxylation sites is 1. The number of hydrogen-bond donors (Lipinski definition) is 3. The molecule has 0 radical (unpaired) electrons. The molecule has 2 rings (SSSR count). The Morgan fingerprint density at radius 1 is 1.45 bits per heavy atom. The minimum Gasteiger partial charge on any atom is -0.355 e. The number of anilines is 1. The molecule has 108 valence electrons. The SMILES string of the molecule is CCNC(=O)C(C)NC1CCc2ccccc2NC1=O. The van der Waals surface area contributed by atoms with Gasteiger partial charge in [-0.15, -0.1) is 0 Å². The van der Waals surface area contributed by atoms with Crippen molar-refractivity contribution in [3.05, 3.63) is 29.8 Å². The topological polar surface area (TPSA) is 70.2 Å². The second-order valence-corrected chi connectivity index (χ2v) is 5.02. The van der Waals surface area contributed by atoms with Gasteiger partial charge >= 0.3 is 0 Å². The van der Waals surface area contributed by atoms with Crippen LogP contribution in [0.3, 0.4) is 0 Å². The summed E-state index contributed by atoms with van der Waals surface area (Å²) >= 11 is 0. The zero-order valence-electron chi connectivity index (χ0n) is 11.9. The van der Waals surface area contributed by atoms with Crippen LogP contribution in [-0.4, -0.2) is 30.4 Å². The van der Waals surface area contributed by atoms with Crippen LogP contribution >= 0.6 is 0 Å². The highest BCUT2D eigenvalue weighted by Crippen LogP contribution is 2.21. The first-order valence-corrected chi connectivity index (χ1v) is 7.04. The summed E-state index contributed by atoms with van der Waals surface area (Å²) in [7, 11) is 0. The van der Waals surface area contributed by atoms with Crippen LogP contribution in [0, 0.1) is 0 Å². The van der Waals surface area contributed by atoms with E-state index in [-0.39, 0.29) is 23.9 Å². The summed E-state index contributed by atoms with van der Waals surface area (Å²) < 4.78 is 0. The number of carbonyl (C=O) groups excluding carboxylic acids is 2. The van der Waals surface area contributed by atoms with Gasteiger partial charge in [0.15, 0.2) is 0 Å².